The number of halogens is 2. The number of alkyl halides is 1. The molecule has 13 nitrogen and oxygen atoms in total. The fraction of sp³-hybridized carbons (Fsp3) is 0.323. The first-order valence-corrected chi connectivity index (χ1v) is 14.7. The normalized spacial score (nSPS) is 17.3. The molecule has 3 amide bonds. The predicted octanol–water partition coefficient (Wildman–Crippen LogP) is 3.55. The van der Waals surface area contributed by atoms with E-state index < -0.39 is 34.8 Å². The van der Waals surface area contributed by atoms with Crippen molar-refractivity contribution < 1.29 is 32.7 Å². The molecule has 46 heavy (non-hydrogen) atoms. The number of amides is 3. The zero-order valence-electron chi connectivity index (χ0n) is 24.5. The van der Waals surface area contributed by atoms with Crippen LogP contribution in [0.25, 0.3) is 11.0 Å². The third kappa shape index (κ3) is 6.13. The van der Waals surface area contributed by atoms with Crippen LogP contribution < -0.4 is 10.2 Å². The van der Waals surface area contributed by atoms with E-state index in [2.05, 4.69) is 15.6 Å². The molecular formula is C31H29F2N7O6. The van der Waals surface area contributed by atoms with Crippen LogP contribution in [-0.4, -0.2) is 81.5 Å². The van der Waals surface area contributed by atoms with Gasteiger partial charge < -0.3 is 10.2 Å². The number of benzene rings is 3. The summed E-state index contributed by atoms with van der Waals surface area (Å²) in [5.74, 6) is -1.99. The molecule has 238 valence electrons. The molecule has 1 fully saturated rings. The SMILES string of the molecule is O=C(CN1CCC(N2C(=O)c3ccccc3C(F)C2=O)CC1)NCCN(Cc1ccc(F)cc1)c1ccc([N+](=O)[O-])c2nonc12. The van der Waals surface area contributed by atoms with Gasteiger partial charge in [-0.25, -0.2) is 13.4 Å². The molecule has 3 aromatic carbocycles. The standard InChI is InChI=1S/C31H29F2N7O6/c32-20-7-5-19(6-8-20)17-38(24-9-10-25(40(44)45)29-28(24)35-46-36-29)16-13-34-26(41)18-37-14-11-21(12-15-37)39-30(42)23-4-2-1-3-22(23)27(33)31(39)43/h1-10,21,27H,11-18H2,(H,34,41). The Kier molecular flexibility index (Phi) is 8.66. The Morgan fingerprint density at radius 2 is 1.76 bits per heavy atom. The third-order valence-electron chi connectivity index (χ3n) is 8.33. The van der Waals surface area contributed by atoms with Gasteiger partial charge in [-0.3, -0.25) is 34.3 Å². The van der Waals surface area contributed by atoms with Gasteiger partial charge in [-0.1, -0.05) is 30.3 Å². The van der Waals surface area contributed by atoms with Crippen molar-refractivity contribution in [1.29, 1.82) is 0 Å². The maximum atomic E-state index is 14.9. The van der Waals surface area contributed by atoms with Crippen LogP contribution in [0.1, 0.15) is 40.5 Å². The molecule has 1 atom stereocenters. The molecule has 2 aliphatic heterocycles. The number of rotatable bonds is 10. The summed E-state index contributed by atoms with van der Waals surface area (Å²) in [6.07, 6.45) is -1.07. The van der Waals surface area contributed by atoms with Crippen molar-refractivity contribution in [2.24, 2.45) is 0 Å². The van der Waals surface area contributed by atoms with Crippen LogP contribution in [0.15, 0.2) is 65.3 Å². The molecule has 15 heteroatoms. The fourth-order valence-corrected chi connectivity index (χ4v) is 6.01. The van der Waals surface area contributed by atoms with E-state index in [-0.39, 0.29) is 59.9 Å². The van der Waals surface area contributed by atoms with Gasteiger partial charge in [-0.2, -0.15) is 0 Å². The van der Waals surface area contributed by atoms with E-state index in [1.165, 1.54) is 36.4 Å². The zero-order chi connectivity index (χ0) is 32.4. The summed E-state index contributed by atoms with van der Waals surface area (Å²) in [6, 6.07) is 14.5. The highest BCUT2D eigenvalue weighted by molar-refractivity contribution is 6.11. The van der Waals surface area contributed by atoms with Crippen molar-refractivity contribution in [3.05, 3.63) is 93.3 Å². The number of piperidine rings is 1. The largest absolute Gasteiger partial charge is 0.364 e. The number of aromatic nitrogens is 2. The highest BCUT2D eigenvalue weighted by atomic mass is 19.1. The third-order valence-corrected chi connectivity index (χ3v) is 8.33. The number of carbonyl (C=O) groups is 3. The minimum absolute atomic E-state index is 0.0155. The van der Waals surface area contributed by atoms with Crippen LogP contribution in [0.4, 0.5) is 20.2 Å². The summed E-state index contributed by atoms with van der Waals surface area (Å²) in [7, 11) is 0. The summed E-state index contributed by atoms with van der Waals surface area (Å²) in [4.78, 5) is 54.3. The minimum atomic E-state index is -1.89. The monoisotopic (exact) mass is 633 g/mol. The minimum Gasteiger partial charge on any atom is -0.364 e. The van der Waals surface area contributed by atoms with Gasteiger partial charge in [0.1, 0.15) is 5.82 Å². The van der Waals surface area contributed by atoms with Gasteiger partial charge in [0.05, 0.1) is 17.2 Å². The van der Waals surface area contributed by atoms with Gasteiger partial charge in [0.25, 0.3) is 11.8 Å². The van der Waals surface area contributed by atoms with E-state index in [1.807, 2.05) is 9.80 Å². The van der Waals surface area contributed by atoms with Crippen LogP contribution in [0.5, 0.6) is 0 Å². The lowest BCUT2D eigenvalue weighted by Crippen LogP contribution is -2.54. The number of non-ortho nitro benzene ring substituents is 1. The summed E-state index contributed by atoms with van der Waals surface area (Å²) in [6.45, 7) is 1.71. The predicted molar refractivity (Wildman–Crippen MR) is 160 cm³/mol. The Balaban J connectivity index is 1.06. The number of nitro benzene ring substituents is 1. The average molecular weight is 634 g/mol. The molecule has 4 aromatic rings. The topological polar surface area (TPSA) is 155 Å². The zero-order valence-corrected chi connectivity index (χ0v) is 24.5. The molecule has 0 radical (unpaired) electrons. The maximum absolute atomic E-state index is 14.9. The van der Waals surface area contributed by atoms with Crippen molar-refractivity contribution in [2.45, 2.75) is 31.6 Å². The lowest BCUT2D eigenvalue weighted by atomic mass is 9.93. The Labute approximate surface area is 260 Å². The van der Waals surface area contributed by atoms with Crippen molar-refractivity contribution in [1.82, 2.24) is 25.4 Å². The summed E-state index contributed by atoms with van der Waals surface area (Å²) < 4.78 is 33.2. The van der Waals surface area contributed by atoms with Crippen molar-refractivity contribution in [2.75, 3.05) is 37.6 Å². The number of hydrogen-bond donors (Lipinski definition) is 1. The van der Waals surface area contributed by atoms with E-state index in [0.29, 0.717) is 31.6 Å². The molecule has 6 rings (SSSR count). The Morgan fingerprint density at radius 3 is 2.50 bits per heavy atom. The van der Waals surface area contributed by atoms with E-state index in [1.54, 1.807) is 24.3 Å². The Bertz CT molecular complexity index is 1790. The maximum Gasteiger partial charge on any atom is 0.300 e. The molecular weight excluding hydrogens is 604 g/mol. The number of likely N-dealkylation sites (tertiary alicyclic amines) is 1. The molecule has 1 N–H and O–H groups in total. The van der Waals surface area contributed by atoms with E-state index in [9.17, 15) is 33.3 Å². The first-order valence-electron chi connectivity index (χ1n) is 14.7. The number of nitrogens with zero attached hydrogens (tertiary/aromatic N) is 6. The van der Waals surface area contributed by atoms with Crippen LogP contribution in [0.3, 0.4) is 0 Å². The van der Waals surface area contributed by atoms with E-state index in [4.69, 9.17) is 4.63 Å². The van der Waals surface area contributed by atoms with Gasteiger partial charge in [0.2, 0.25) is 17.6 Å². The van der Waals surface area contributed by atoms with E-state index >= 15 is 0 Å². The highest BCUT2D eigenvalue weighted by Crippen LogP contribution is 2.34. The van der Waals surface area contributed by atoms with Gasteiger partial charge in [-0.05, 0) is 53.0 Å². The smallest absolute Gasteiger partial charge is 0.300 e. The first-order chi connectivity index (χ1) is 22.2. The van der Waals surface area contributed by atoms with Crippen LogP contribution >= 0.6 is 0 Å². The quantitative estimate of drug-likeness (QED) is 0.156. The molecule has 0 bridgehead atoms. The second-order valence-electron chi connectivity index (χ2n) is 11.2. The van der Waals surface area contributed by atoms with Crippen LogP contribution in [0, 0.1) is 15.9 Å². The number of hydrogen-bond acceptors (Lipinski definition) is 10. The number of imide groups is 1. The van der Waals surface area contributed by atoms with Gasteiger partial charge in [0, 0.05) is 56.0 Å². The molecule has 0 aliphatic carbocycles. The first kappa shape index (κ1) is 30.7. The number of carbonyl (C=O) groups excluding carboxylic acids is 3. The summed E-state index contributed by atoms with van der Waals surface area (Å²) in [5, 5.41) is 21.9. The van der Waals surface area contributed by atoms with Crippen LogP contribution in [-0.2, 0) is 16.1 Å². The second-order valence-corrected chi connectivity index (χ2v) is 11.2. The number of nitrogens with one attached hydrogen (secondary N) is 1. The Hall–Kier alpha value is -5.31. The Morgan fingerprint density at radius 1 is 1.04 bits per heavy atom. The van der Waals surface area contributed by atoms with Crippen molar-refractivity contribution in [3.63, 3.8) is 0 Å². The van der Waals surface area contributed by atoms with Crippen molar-refractivity contribution >= 4 is 40.1 Å². The van der Waals surface area contributed by atoms with Crippen molar-refractivity contribution in [3.8, 4) is 0 Å². The molecule has 0 spiro atoms. The average Bonchev–Trinajstić information content (AvgIpc) is 3.55. The summed E-state index contributed by atoms with van der Waals surface area (Å²) in [5.41, 5.74) is 1.43. The van der Waals surface area contributed by atoms with Gasteiger partial charge in [-0.15, -0.1) is 0 Å². The number of fused-ring (bicyclic) bond motifs is 2. The molecule has 0 saturated carbocycles. The van der Waals surface area contributed by atoms with E-state index in [0.717, 1.165) is 10.5 Å². The molecule has 2 aliphatic rings. The highest BCUT2D eigenvalue weighted by Gasteiger charge is 2.43. The lowest BCUT2D eigenvalue weighted by Gasteiger charge is -2.39. The molecule has 1 aromatic heterocycles. The van der Waals surface area contributed by atoms with Gasteiger partial charge >= 0.3 is 5.69 Å². The fourth-order valence-electron chi connectivity index (χ4n) is 6.01. The van der Waals surface area contributed by atoms with Crippen LogP contribution in [0.2, 0.25) is 0 Å². The number of nitro groups is 1. The lowest BCUT2D eigenvalue weighted by molar-refractivity contribution is -0.383. The number of anilines is 1. The second kappa shape index (κ2) is 13.0. The molecule has 3 heterocycles. The summed E-state index contributed by atoms with van der Waals surface area (Å²) >= 11 is 0. The molecule has 1 unspecified atom stereocenters. The molecule has 1 saturated heterocycles. The van der Waals surface area contributed by atoms with Gasteiger partial charge in [0.15, 0.2) is 5.52 Å².